The first kappa shape index (κ1) is 12.2. The third-order valence-electron chi connectivity index (χ3n) is 3.40. The van der Waals surface area contributed by atoms with Gasteiger partial charge in [0, 0.05) is 12.4 Å². The molecule has 1 aromatic heterocycles. The van der Waals surface area contributed by atoms with E-state index in [1.807, 2.05) is 26.2 Å². The number of hydrogen-bond donors (Lipinski definition) is 0. The summed E-state index contributed by atoms with van der Waals surface area (Å²) >= 11 is 0. The van der Waals surface area contributed by atoms with Gasteiger partial charge in [0.2, 0.25) is 0 Å². The summed E-state index contributed by atoms with van der Waals surface area (Å²) in [5, 5.41) is 0. The van der Waals surface area contributed by atoms with Crippen molar-refractivity contribution < 1.29 is 0 Å². The fourth-order valence-electron chi connectivity index (χ4n) is 2.35. The molecule has 0 aromatic carbocycles. The zero-order valence-electron chi connectivity index (χ0n) is 10.5. The van der Waals surface area contributed by atoms with E-state index in [9.17, 15) is 0 Å². The summed E-state index contributed by atoms with van der Waals surface area (Å²) in [5.74, 6) is 1.62. The van der Waals surface area contributed by atoms with Crippen LogP contribution < -0.4 is 0 Å². The van der Waals surface area contributed by atoms with Crippen molar-refractivity contribution in [3.8, 4) is 0 Å². The number of rotatable bonds is 2. The average molecular weight is 205 g/mol. The summed E-state index contributed by atoms with van der Waals surface area (Å²) in [4.78, 5) is 4.18. The maximum absolute atomic E-state index is 4.18. The molecule has 0 bridgehead atoms. The second-order valence-corrected chi connectivity index (χ2v) is 4.11. The fourth-order valence-corrected chi connectivity index (χ4v) is 2.35. The highest BCUT2D eigenvalue weighted by atomic mass is 14.6. The van der Waals surface area contributed by atoms with Gasteiger partial charge in [0.05, 0.1) is 0 Å². The Morgan fingerprint density at radius 2 is 2.20 bits per heavy atom. The summed E-state index contributed by atoms with van der Waals surface area (Å²) in [6, 6.07) is 2.21. The van der Waals surface area contributed by atoms with Gasteiger partial charge in [0.1, 0.15) is 0 Å². The van der Waals surface area contributed by atoms with Crippen LogP contribution in [0.3, 0.4) is 0 Å². The SMILES string of the molecule is CC.CCC(C)C1CCc2cnccc21. The van der Waals surface area contributed by atoms with Crippen LogP contribution in [-0.4, -0.2) is 4.98 Å². The van der Waals surface area contributed by atoms with E-state index >= 15 is 0 Å². The number of fused-ring (bicyclic) bond motifs is 1. The van der Waals surface area contributed by atoms with E-state index < -0.39 is 0 Å². The molecule has 2 rings (SSSR count). The van der Waals surface area contributed by atoms with E-state index in [0.717, 1.165) is 11.8 Å². The quantitative estimate of drug-likeness (QED) is 0.705. The predicted octanol–water partition coefficient (Wildman–Crippen LogP) is 4.18. The van der Waals surface area contributed by atoms with Gasteiger partial charge in [-0.2, -0.15) is 0 Å². The number of aromatic nitrogens is 1. The lowest BCUT2D eigenvalue weighted by molar-refractivity contribution is 0.443. The van der Waals surface area contributed by atoms with Crippen molar-refractivity contribution in [3.63, 3.8) is 0 Å². The molecule has 1 aliphatic carbocycles. The molecule has 0 radical (unpaired) electrons. The third-order valence-corrected chi connectivity index (χ3v) is 3.40. The van der Waals surface area contributed by atoms with Crippen LogP contribution in [-0.2, 0) is 6.42 Å². The number of aryl methyl sites for hydroxylation is 1. The van der Waals surface area contributed by atoms with Crippen molar-refractivity contribution >= 4 is 0 Å². The largest absolute Gasteiger partial charge is 0.264 e. The Kier molecular flexibility index (Phi) is 4.80. The molecular formula is C14H23N. The van der Waals surface area contributed by atoms with E-state index in [1.165, 1.54) is 24.8 Å². The monoisotopic (exact) mass is 205 g/mol. The smallest absolute Gasteiger partial charge is 0.0302 e. The lowest BCUT2D eigenvalue weighted by Crippen LogP contribution is -2.05. The Hall–Kier alpha value is -0.850. The van der Waals surface area contributed by atoms with Crippen LogP contribution in [0.2, 0.25) is 0 Å². The molecule has 0 aliphatic heterocycles. The van der Waals surface area contributed by atoms with Crippen LogP contribution in [0.5, 0.6) is 0 Å². The van der Waals surface area contributed by atoms with E-state index in [-0.39, 0.29) is 0 Å². The molecule has 84 valence electrons. The van der Waals surface area contributed by atoms with Gasteiger partial charge in [-0.25, -0.2) is 0 Å². The van der Waals surface area contributed by atoms with Crippen molar-refractivity contribution in [3.05, 3.63) is 29.6 Å². The van der Waals surface area contributed by atoms with Crippen LogP contribution in [0.1, 0.15) is 57.6 Å². The molecule has 1 heteroatoms. The molecule has 0 spiro atoms. The van der Waals surface area contributed by atoms with Gasteiger partial charge < -0.3 is 0 Å². The lowest BCUT2D eigenvalue weighted by atomic mass is 9.87. The van der Waals surface area contributed by atoms with E-state index in [0.29, 0.717) is 0 Å². The first-order valence-corrected chi connectivity index (χ1v) is 6.25. The molecule has 0 fully saturated rings. The molecule has 2 atom stereocenters. The molecule has 0 amide bonds. The highest BCUT2D eigenvalue weighted by molar-refractivity contribution is 5.32. The molecular weight excluding hydrogens is 182 g/mol. The normalized spacial score (nSPS) is 20.1. The minimum Gasteiger partial charge on any atom is -0.264 e. The van der Waals surface area contributed by atoms with Crippen LogP contribution in [0.15, 0.2) is 18.5 Å². The Labute approximate surface area is 93.9 Å². The zero-order chi connectivity index (χ0) is 11.3. The van der Waals surface area contributed by atoms with Gasteiger partial charge in [-0.3, -0.25) is 4.98 Å². The van der Waals surface area contributed by atoms with Crippen molar-refractivity contribution in [1.29, 1.82) is 0 Å². The highest BCUT2D eigenvalue weighted by Crippen LogP contribution is 2.38. The Balaban J connectivity index is 0.000000531. The zero-order valence-corrected chi connectivity index (χ0v) is 10.5. The fraction of sp³-hybridized carbons (Fsp3) is 0.643. The lowest BCUT2D eigenvalue weighted by Gasteiger charge is -2.18. The summed E-state index contributed by atoms with van der Waals surface area (Å²) in [7, 11) is 0. The first-order chi connectivity index (χ1) is 7.33. The molecule has 1 heterocycles. The number of hydrogen-bond acceptors (Lipinski definition) is 1. The second-order valence-electron chi connectivity index (χ2n) is 4.11. The van der Waals surface area contributed by atoms with Gasteiger partial charge >= 0.3 is 0 Å². The van der Waals surface area contributed by atoms with Crippen LogP contribution in [0, 0.1) is 5.92 Å². The molecule has 0 N–H and O–H groups in total. The van der Waals surface area contributed by atoms with Gasteiger partial charge in [0.15, 0.2) is 0 Å². The summed E-state index contributed by atoms with van der Waals surface area (Å²) in [5.41, 5.74) is 3.04. The second kappa shape index (κ2) is 5.89. The Morgan fingerprint density at radius 3 is 2.87 bits per heavy atom. The number of nitrogens with zero attached hydrogens (tertiary/aromatic N) is 1. The molecule has 1 nitrogen and oxygen atoms in total. The summed E-state index contributed by atoms with van der Waals surface area (Å²) in [6.45, 7) is 8.64. The van der Waals surface area contributed by atoms with Crippen molar-refractivity contribution in [1.82, 2.24) is 4.98 Å². The van der Waals surface area contributed by atoms with Gasteiger partial charge in [-0.1, -0.05) is 34.1 Å². The van der Waals surface area contributed by atoms with E-state index in [4.69, 9.17) is 0 Å². The highest BCUT2D eigenvalue weighted by Gasteiger charge is 2.25. The minimum absolute atomic E-state index is 0.794. The number of pyridine rings is 1. The third kappa shape index (κ3) is 2.58. The molecule has 0 saturated heterocycles. The molecule has 1 aliphatic rings. The first-order valence-electron chi connectivity index (χ1n) is 6.25. The van der Waals surface area contributed by atoms with Gasteiger partial charge in [0.25, 0.3) is 0 Å². The maximum Gasteiger partial charge on any atom is 0.0302 e. The topological polar surface area (TPSA) is 12.9 Å². The van der Waals surface area contributed by atoms with Crippen molar-refractivity contribution in [2.75, 3.05) is 0 Å². The summed E-state index contributed by atoms with van der Waals surface area (Å²) in [6.07, 6.45) is 7.82. The van der Waals surface area contributed by atoms with Crippen LogP contribution in [0.4, 0.5) is 0 Å². The van der Waals surface area contributed by atoms with Gasteiger partial charge in [-0.15, -0.1) is 0 Å². The van der Waals surface area contributed by atoms with E-state index in [2.05, 4.69) is 24.9 Å². The van der Waals surface area contributed by atoms with Crippen molar-refractivity contribution in [2.24, 2.45) is 5.92 Å². The van der Waals surface area contributed by atoms with Gasteiger partial charge in [-0.05, 0) is 41.9 Å². The maximum atomic E-state index is 4.18. The summed E-state index contributed by atoms with van der Waals surface area (Å²) < 4.78 is 0. The minimum atomic E-state index is 0.794. The molecule has 1 aromatic rings. The average Bonchev–Trinajstić information content (AvgIpc) is 2.74. The molecule has 15 heavy (non-hydrogen) atoms. The molecule has 0 saturated carbocycles. The predicted molar refractivity (Wildman–Crippen MR) is 66.1 cm³/mol. The van der Waals surface area contributed by atoms with E-state index in [1.54, 1.807) is 5.56 Å². The van der Waals surface area contributed by atoms with Crippen LogP contribution in [0.25, 0.3) is 0 Å². The Morgan fingerprint density at radius 1 is 1.47 bits per heavy atom. The molecule has 2 unspecified atom stereocenters. The Bertz CT molecular complexity index is 293. The van der Waals surface area contributed by atoms with Crippen molar-refractivity contribution in [2.45, 2.75) is 52.9 Å². The van der Waals surface area contributed by atoms with Crippen LogP contribution >= 0.6 is 0 Å². The standard InChI is InChI=1S/C12H17N.C2H6/c1-3-9(2)11-5-4-10-8-13-7-6-12(10)11;1-2/h6-9,11H,3-5H2,1-2H3;1-2H3.